The first-order chi connectivity index (χ1) is 17.2. The Labute approximate surface area is 208 Å². The van der Waals surface area contributed by atoms with Crippen LogP contribution in [0.4, 0.5) is 5.82 Å². The van der Waals surface area contributed by atoms with Crippen LogP contribution in [-0.4, -0.2) is 59.8 Å². The number of anilines is 1. The molecule has 5 rings (SSSR count). The van der Waals surface area contributed by atoms with E-state index in [1.54, 1.807) is 0 Å². The summed E-state index contributed by atoms with van der Waals surface area (Å²) in [6.45, 7) is 3.44. The summed E-state index contributed by atoms with van der Waals surface area (Å²) in [6, 6.07) is 8.97. The van der Waals surface area contributed by atoms with Gasteiger partial charge < -0.3 is 19.1 Å². The lowest BCUT2D eigenvalue weighted by Gasteiger charge is -2.39. The van der Waals surface area contributed by atoms with Crippen LogP contribution in [0.5, 0.6) is 0 Å². The first-order valence-electron chi connectivity index (χ1n) is 13.7. The van der Waals surface area contributed by atoms with Crippen molar-refractivity contribution in [2.45, 2.75) is 82.7 Å². The van der Waals surface area contributed by atoms with Crippen molar-refractivity contribution in [3.8, 4) is 0 Å². The number of carbonyl (C=O) groups is 1. The standard InChI is InChI=1S/C28H40N4O3/c1-35-28(34)21-13-17-31(18-14-21)26-27(33)32(25-12-8-7-11-24(25)29-26)23-15-19-30(20-16-23)22-9-5-3-2-4-6-10-22/h7-8,11-12,21-23H,2-6,9-10,13-20H2,1H3. The smallest absolute Gasteiger partial charge is 0.308 e. The predicted molar refractivity (Wildman–Crippen MR) is 139 cm³/mol. The number of aromatic nitrogens is 2. The molecule has 7 nitrogen and oxygen atoms in total. The molecule has 1 saturated carbocycles. The van der Waals surface area contributed by atoms with E-state index in [2.05, 4.69) is 9.80 Å². The van der Waals surface area contributed by atoms with Crippen LogP contribution in [0.25, 0.3) is 11.0 Å². The van der Waals surface area contributed by atoms with Crippen LogP contribution in [0.3, 0.4) is 0 Å². The van der Waals surface area contributed by atoms with Crippen LogP contribution in [0, 0.1) is 5.92 Å². The molecule has 2 aromatic rings. The molecule has 1 aromatic carbocycles. The van der Waals surface area contributed by atoms with Gasteiger partial charge in [0.05, 0.1) is 24.1 Å². The van der Waals surface area contributed by atoms with Crippen LogP contribution in [0.1, 0.15) is 76.7 Å². The first kappa shape index (κ1) is 24.3. The Balaban J connectivity index is 1.36. The fourth-order valence-electron chi connectivity index (χ4n) is 6.51. The third-order valence-electron chi connectivity index (χ3n) is 8.56. The topological polar surface area (TPSA) is 67.7 Å². The average Bonchev–Trinajstić information content (AvgIpc) is 2.88. The number of methoxy groups -OCH3 is 1. The molecule has 7 heteroatoms. The van der Waals surface area contributed by atoms with Crippen molar-refractivity contribution in [1.82, 2.24) is 14.5 Å². The van der Waals surface area contributed by atoms with Crippen molar-refractivity contribution in [2.75, 3.05) is 38.2 Å². The Morgan fingerprint density at radius 1 is 0.857 bits per heavy atom. The highest BCUT2D eigenvalue weighted by Crippen LogP contribution is 2.30. The number of rotatable bonds is 4. The van der Waals surface area contributed by atoms with E-state index in [4.69, 9.17) is 9.72 Å². The summed E-state index contributed by atoms with van der Waals surface area (Å²) in [5.41, 5.74) is 1.83. The van der Waals surface area contributed by atoms with Crippen molar-refractivity contribution >= 4 is 22.8 Å². The van der Waals surface area contributed by atoms with Gasteiger partial charge in [-0.2, -0.15) is 0 Å². The summed E-state index contributed by atoms with van der Waals surface area (Å²) in [5, 5.41) is 0. The van der Waals surface area contributed by atoms with Gasteiger partial charge in [-0.05, 0) is 50.7 Å². The molecule has 190 valence electrons. The Morgan fingerprint density at radius 3 is 2.20 bits per heavy atom. The number of esters is 1. The molecule has 0 spiro atoms. The van der Waals surface area contributed by atoms with Gasteiger partial charge in [0.25, 0.3) is 5.56 Å². The van der Waals surface area contributed by atoms with Crippen molar-refractivity contribution in [3.63, 3.8) is 0 Å². The van der Waals surface area contributed by atoms with Crippen LogP contribution >= 0.6 is 0 Å². The number of nitrogens with zero attached hydrogens (tertiary/aromatic N) is 4. The molecule has 0 amide bonds. The summed E-state index contributed by atoms with van der Waals surface area (Å²) in [5.74, 6) is 0.301. The normalized spacial score (nSPS) is 22.1. The molecule has 1 aromatic heterocycles. The molecule has 2 saturated heterocycles. The minimum absolute atomic E-state index is 0.0182. The number of piperidine rings is 2. The Morgan fingerprint density at radius 2 is 1.51 bits per heavy atom. The molecule has 2 aliphatic heterocycles. The number of carbonyl (C=O) groups excluding carboxylic acids is 1. The van der Waals surface area contributed by atoms with Gasteiger partial charge >= 0.3 is 5.97 Å². The Kier molecular flexibility index (Phi) is 7.71. The molecular weight excluding hydrogens is 440 g/mol. The summed E-state index contributed by atoms with van der Waals surface area (Å²) >= 11 is 0. The van der Waals surface area contributed by atoms with E-state index in [0.717, 1.165) is 37.0 Å². The van der Waals surface area contributed by atoms with Crippen molar-refractivity contribution in [3.05, 3.63) is 34.6 Å². The molecule has 35 heavy (non-hydrogen) atoms. The zero-order valence-corrected chi connectivity index (χ0v) is 21.2. The molecule has 1 aliphatic carbocycles. The third-order valence-corrected chi connectivity index (χ3v) is 8.56. The van der Waals surface area contributed by atoms with Crippen LogP contribution in [-0.2, 0) is 9.53 Å². The van der Waals surface area contributed by atoms with E-state index in [9.17, 15) is 9.59 Å². The maximum Gasteiger partial charge on any atom is 0.308 e. The number of fused-ring (bicyclic) bond motifs is 1. The van der Waals surface area contributed by atoms with Gasteiger partial charge in [-0.15, -0.1) is 0 Å². The molecule has 3 heterocycles. The lowest BCUT2D eigenvalue weighted by molar-refractivity contribution is -0.146. The zero-order valence-electron chi connectivity index (χ0n) is 21.2. The Hall–Kier alpha value is -2.41. The average molecular weight is 481 g/mol. The van der Waals surface area contributed by atoms with E-state index < -0.39 is 0 Å². The molecule has 3 aliphatic rings. The fraction of sp³-hybridized carbons (Fsp3) is 0.679. The monoisotopic (exact) mass is 480 g/mol. The maximum atomic E-state index is 13.9. The van der Waals surface area contributed by atoms with Crippen LogP contribution in [0.15, 0.2) is 29.1 Å². The van der Waals surface area contributed by atoms with Gasteiger partial charge in [0.15, 0.2) is 5.82 Å². The highest BCUT2D eigenvalue weighted by molar-refractivity contribution is 5.77. The molecule has 0 radical (unpaired) electrons. The molecule has 3 fully saturated rings. The van der Waals surface area contributed by atoms with Gasteiger partial charge in [-0.25, -0.2) is 4.98 Å². The van der Waals surface area contributed by atoms with Gasteiger partial charge in [0, 0.05) is 38.3 Å². The second-order valence-electron chi connectivity index (χ2n) is 10.6. The van der Waals surface area contributed by atoms with E-state index >= 15 is 0 Å². The highest BCUT2D eigenvalue weighted by Gasteiger charge is 2.31. The number of hydrogen-bond donors (Lipinski definition) is 0. The van der Waals surface area contributed by atoms with E-state index in [1.807, 2.05) is 28.8 Å². The number of ether oxygens (including phenoxy) is 1. The number of para-hydroxylation sites is 2. The van der Waals surface area contributed by atoms with Crippen molar-refractivity contribution in [1.29, 1.82) is 0 Å². The van der Waals surface area contributed by atoms with Crippen molar-refractivity contribution in [2.24, 2.45) is 5.92 Å². The highest BCUT2D eigenvalue weighted by atomic mass is 16.5. The van der Waals surface area contributed by atoms with Gasteiger partial charge in [0.1, 0.15) is 0 Å². The van der Waals surface area contributed by atoms with E-state index in [0.29, 0.717) is 37.8 Å². The predicted octanol–water partition coefficient (Wildman–Crippen LogP) is 4.54. The molecule has 0 bridgehead atoms. The molecular formula is C28H40N4O3. The lowest BCUT2D eigenvalue weighted by Crippen LogP contribution is -2.45. The second-order valence-corrected chi connectivity index (χ2v) is 10.6. The van der Waals surface area contributed by atoms with Crippen LogP contribution < -0.4 is 10.5 Å². The van der Waals surface area contributed by atoms with E-state index in [-0.39, 0.29) is 23.5 Å². The number of likely N-dealkylation sites (tertiary alicyclic amines) is 1. The fourth-order valence-corrected chi connectivity index (χ4v) is 6.51. The van der Waals surface area contributed by atoms with Gasteiger partial charge in [0.2, 0.25) is 0 Å². The number of hydrogen-bond acceptors (Lipinski definition) is 6. The zero-order chi connectivity index (χ0) is 24.2. The maximum absolute atomic E-state index is 13.9. The minimum Gasteiger partial charge on any atom is -0.469 e. The Bertz CT molecular complexity index is 1060. The van der Waals surface area contributed by atoms with Gasteiger partial charge in [-0.3, -0.25) is 9.59 Å². The summed E-state index contributed by atoms with van der Waals surface area (Å²) in [4.78, 5) is 35.4. The number of benzene rings is 1. The molecule has 0 N–H and O–H groups in total. The lowest BCUT2D eigenvalue weighted by atomic mass is 9.93. The summed E-state index contributed by atoms with van der Waals surface area (Å²) < 4.78 is 6.97. The largest absolute Gasteiger partial charge is 0.469 e. The van der Waals surface area contributed by atoms with E-state index in [1.165, 1.54) is 52.1 Å². The summed E-state index contributed by atoms with van der Waals surface area (Å²) in [7, 11) is 1.45. The van der Waals surface area contributed by atoms with Gasteiger partial charge in [-0.1, -0.05) is 44.2 Å². The van der Waals surface area contributed by atoms with Crippen molar-refractivity contribution < 1.29 is 9.53 Å². The van der Waals surface area contributed by atoms with Crippen LogP contribution in [0.2, 0.25) is 0 Å². The second kappa shape index (κ2) is 11.1. The quantitative estimate of drug-likeness (QED) is 0.599. The first-order valence-corrected chi connectivity index (χ1v) is 13.7. The summed E-state index contributed by atoms with van der Waals surface area (Å²) in [6.07, 6.45) is 12.9. The molecule has 0 atom stereocenters. The third kappa shape index (κ3) is 5.25. The minimum atomic E-state index is -0.149. The molecule has 0 unspecified atom stereocenters. The SMILES string of the molecule is COC(=O)C1CCN(c2nc3ccccc3n(C3CCN(C4CCCCCCC4)CC3)c2=O)CC1.